The summed E-state index contributed by atoms with van der Waals surface area (Å²) in [5, 5.41) is 5.63. The molecule has 1 aromatic heterocycles. The zero-order valence-electron chi connectivity index (χ0n) is 8.05. The smallest absolute Gasteiger partial charge is 0.123 e. The van der Waals surface area contributed by atoms with Crippen molar-refractivity contribution in [3.63, 3.8) is 0 Å². The highest BCUT2D eigenvalue weighted by atomic mass is 32.1. The summed E-state index contributed by atoms with van der Waals surface area (Å²) in [4.78, 5) is 4.31. The lowest BCUT2D eigenvalue weighted by Gasteiger charge is -2.00. The first-order valence-electron chi connectivity index (χ1n) is 4.82. The molecule has 72 valence electrons. The van der Waals surface area contributed by atoms with Gasteiger partial charge in [-0.3, -0.25) is 0 Å². The van der Waals surface area contributed by atoms with Gasteiger partial charge in [0.2, 0.25) is 0 Å². The van der Waals surface area contributed by atoms with Gasteiger partial charge in [-0.05, 0) is 16.8 Å². The maximum atomic E-state index is 4.31. The minimum Gasteiger partial charge on any atom is -0.245 e. The lowest BCUT2D eigenvalue weighted by Crippen LogP contribution is -1.76. The van der Waals surface area contributed by atoms with Crippen molar-refractivity contribution < 1.29 is 0 Å². The number of benzene rings is 2. The number of hydrogen-bond acceptors (Lipinski definition) is 2. The molecule has 0 bridgehead atoms. The standard InChI is InChI=1S/C13H9NS/c1-2-4-11-9-12(6-5-10(11)3-1)13-14-7-8-15-13/h1-9H. The number of thiazole rings is 1. The van der Waals surface area contributed by atoms with Crippen molar-refractivity contribution in [3.05, 3.63) is 54.0 Å². The summed E-state index contributed by atoms with van der Waals surface area (Å²) in [5.74, 6) is 0. The van der Waals surface area contributed by atoms with Crippen LogP contribution in [0.1, 0.15) is 0 Å². The minimum absolute atomic E-state index is 1.08. The highest BCUT2D eigenvalue weighted by Gasteiger charge is 2.00. The molecule has 1 nitrogen and oxygen atoms in total. The van der Waals surface area contributed by atoms with E-state index >= 15 is 0 Å². The third-order valence-electron chi connectivity index (χ3n) is 2.43. The fourth-order valence-corrected chi connectivity index (χ4v) is 2.32. The molecule has 0 aliphatic rings. The Hall–Kier alpha value is -1.67. The Morgan fingerprint density at radius 2 is 1.80 bits per heavy atom. The molecule has 3 rings (SSSR count). The van der Waals surface area contributed by atoms with E-state index in [1.54, 1.807) is 11.3 Å². The second kappa shape index (κ2) is 3.48. The van der Waals surface area contributed by atoms with Crippen LogP contribution in [0.5, 0.6) is 0 Å². The van der Waals surface area contributed by atoms with Gasteiger partial charge in [-0.25, -0.2) is 4.98 Å². The van der Waals surface area contributed by atoms with Crippen LogP contribution in [0.3, 0.4) is 0 Å². The van der Waals surface area contributed by atoms with Gasteiger partial charge in [0.25, 0.3) is 0 Å². The van der Waals surface area contributed by atoms with E-state index in [1.807, 2.05) is 11.6 Å². The maximum absolute atomic E-state index is 4.31. The van der Waals surface area contributed by atoms with Gasteiger partial charge in [0.15, 0.2) is 0 Å². The molecule has 0 radical (unpaired) electrons. The summed E-state index contributed by atoms with van der Waals surface area (Å²) in [6, 6.07) is 14.8. The monoisotopic (exact) mass is 211 g/mol. The molecule has 1 heterocycles. The number of nitrogens with zero attached hydrogens (tertiary/aromatic N) is 1. The van der Waals surface area contributed by atoms with E-state index in [0.29, 0.717) is 0 Å². The summed E-state index contributed by atoms with van der Waals surface area (Å²) < 4.78 is 0. The highest BCUT2D eigenvalue weighted by molar-refractivity contribution is 7.13. The Morgan fingerprint density at radius 1 is 0.933 bits per heavy atom. The number of aromatic nitrogens is 1. The molecule has 0 unspecified atom stereocenters. The third kappa shape index (κ3) is 1.53. The van der Waals surface area contributed by atoms with Gasteiger partial charge in [-0.15, -0.1) is 11.3 Å². The van der Waals surface area contributed by atoms with Crippen LogP contribution in [0, 0.1) is 0 Å². The molecule has 0 atom stereocenters. The van der Waals surface area contributed by atoms with Gasteiger partial charge >= 0.3 is 0 Å². The number of fused-ring (bicyclic) bond motifs is 1. The maximum Gasteiger partial charge on any atom is 0.123 e. The first kappa shape index (κ1) is 8.62. The zero-order valence-corrected chi connectivity index (χ0v) is 8.87. The second-order valence-corrected chi connectivity index (χ2v) is 4.29. The van der Waals surface area contributed by atoms with Crippen molar-refractivity contribution in [3.8, 4) is 10.6 Å². The molecule has 2 heteroatoms. The first-order chi connectivity index (χ1) is 7.43. The second-order valence-electron chi connectivity index (χ2n) is 3.40. The Labute approximate surface area is 92.0 Å². The zero-order chi connectivity index (χ0) is 10.1. The van der Waals surface area contributed by atoms with Crippen molar-refractivity contribution >= 4 is 22.1 Å². The lowest BCUT2D eigenvalue weighted by molar-refractivity contribution is 1.42. The van der Waals surface area contributed by atoms with Gasteiger partial charge in [0.1, 0.15) is 5.01 Å². The van der Waals surface area contributed by atoms with Crippen LogP contribution in [0.2, 0.25) is 0 Å². The molecule has 0 saturated heterocycles. The normalized spacial score (nSPS) is 10.7. The summed E-state index contributed by atoms with van der Waals surface area (Å²) in [6.45, 7) is 0. The molecule has 0 saturated carbocycles. The molecular formula is C13H9NS. The summed E-state index contributed by atoms with van der Waals surface area (Å²) in [6.07, 6.45) is 1.84. The highest BCUT2D eigenvalue weighted by Crippen LogP contribution is 2.25. The van der Waals surface area contributed by atoms with Crippen molar-refractivity contribution in [2.24, 2.45) is 0 Å². The van der Waals surface area contributed by atoms with Gasteiger partial charge in [-0.1, -0.05) is 36.4 Å². The largest absolute Gasteiger partial charge is 0.245 e. The average Bonchev–Trinajstić information content (AvgIpc) is 2.82. The van der Waals surface area contributed by atoms with Crippen LogP contribution in [0.25, 0.3) is 21.3 Å². The van der Waals surface area contributed by atoms with E-state index in [4.69, 9.17) is 0 Å². The van der Waals surface area contributed by atoms with Gasteiger partial charge < -0.3 is 0 Å². The molecule has 0 fully saturated rings. The topological polar surface area (TPSA) is 12.9 Å². The first-order valence-corrected chi connectivity index (χ1v) is 5.70. The molecule has 2 aromatic carbocycles. The summed E-state index contributed by atoms with van der Waals surface area (Å²) in [7, 11) is 0. The van der Waals surface area contributed by atoms with E-state index in [2.05, 4.69) is 47.4 Å². The Kier molecular flexibility index (Phi) is 2.00. The fourth-order valence-electron chi connectivity index (χ4n) is 1.69. The van der Waals surface area contributed by atoms with Crippen LogP contribution in [-0.4, -0.2) is 4.98 Å². The Morgan fingerprint density at radius 3 is 2.60 bits per heavy atom. The molecule has 0 aliphatic heterocycles. The van der Waals surface area contributed by atoms with Gasteiger partial charge in [-0.2, -0.15) is 0 Å². The van der Waals surface area contributed by atoms with Crippen LogP contribution in [-0.2, 0) is 0 Å². The summed E-state index contributed by atoms with van der Waals surface area (Å²) in [5.41, 5.74) is 1.20. The lowest BCUT2D eigenvalue weighted by atomic mass is 10.1. The molecule has 0 N–H and O–H groups in total. The minimum atomic E-state index is 1.08. The Balaban J connectivity index is 2.22. The third-order valence-corrected chi connectivity index (χ3v) is 3.25. The molecule has 15 heavy (non-hydrogen) atoms. The number of hydrogen-bond donors (Lipinski definition) is 0. The molecular weight excluding hydrogens is 202 g/mol. The molecule has 0 amide bonds. The van der Waals surface area contributed by atoms with E-state index < -0.39 is 0 Å². The van der Waals surface area contributed by atoms with E-state index in [1.165, 1.54) is 16.3 Å². The van der Waals surface area contributed by atoms with Gasteiger partial charge in [0, 0.05) is 17.1 Å². The molecule has 0 aliphatic carbocycles. The molecule has 0 spiro atoms. The SMILES string of the molecule is c1ccc2cc(-c3nccs3)ccc2c1. The van der Waals surface area contributed by atoms with Crippen molar-refractivity contribution in [2.75, 3.05) is 0 Å². The molecule has 3 aromatic rings. The fraction of sp³-hybridized carbons (Fsp3) is 0. The quantitative estimate of drug-likeness (QED) is 0.593. The van der Waals surface area contributed by atoms with E-state index in [0.717, 1.165) is 5.01 Å². The number of rotatable bonds is 1. The van der Waals surface area contributed by atoms with Crippen molar-refractivity contribution in [2.45, 2.75) is 0 Å². The summed E-state index contributed by atoms with van der Waals surface area (Å²) >= 11 is 1.67. The van der Waals surface area contributed by atoms with Crippen molar-refractivity contribution in [1.82, 2.24) is 4.98 Å². The van der Waals surface area contributed by atoms with Crippen LogP contribution in [0.4, 0.5) is 0 Å². The predicted molar refractivity (Wildman–Crippen MR) is 65.1 cm³/mol. The predicted octanol–water partition coefficient (Wildman–Crippen LogP) is 3.96. The average molecular weight is 211 g/mol. The van der Waals surface area contributed by atoms with E-state index in [-0.39, 0.29) is 0 Å². The van der Waals surface area contributed by atoms with Crippen LogP contribution < -0.4 is 0 Å². The van der Waals surface area contributed by atoms with Crippen LogP contribution >= 0.6 is 11.3 Å². The van der Waals surface area contributed by atoms with Crippen LogP contribution in [0.15, 0.2) is 54.0 Å². The van der Waals surface area contributed by atoms with Gasteiger partial charge in [0.05, 0.1) is 0 Å². The van der Waals surface area contributed by atoms with E-state index in [9.17, 15) is 0 Å². The van der Waals surface area contributed by atoms with Crippen molar-refractivity contribution in [1.29, 1.82) is 0 Å². The Bertz CT molecular complexity index is 584.